The van der Waals surface area contributed by atoms with Crippen LogP contribution in [0, 0.1) is 0 Å². The van der Waals surface area contributed by atoms with Crippen LogP contribution in [0.1, 0.15) is 25.8 Å². The maximum absolute atomic E-state index is 11.9. The molecule has 0 aliphatic heterocycles. The van der Waals surface area contributed by atoms with Gasteiger partial charge in [0.1, 0.15) is 0 Å². The molecule has 9 heteroatoms. The summed E-state index contributed by atoms with van der Waals surface area (Å²) in [5, 5.41) is 25.6. The number of carbonyl (C=O) groups excluding carboxylic acids is 2. The van der Waals surface area contributed by atoms with E-state index in [-0.39, 0.29) is 6.61 Å². The van der Waals surface area contributed by atoms with E-state index in [9.17, 15) is 9.59 Å². The highest BCUT2D eigenvalue weighted by Gasteiger charge is 2.28. The first kappa shape index (κ1) is 16.1. The van der Waals surface area contributed by atoms with Gasteiger partial charge in [0.2, 0.25) is 0 Å². The molecule has 0 spiro atoms. The zero-order valence-corrected chi connectivity index (χ0v) is 13.1. The second-order valence-electron chi connectivity index (χ2n) is 5.77. The van der Waals surface area contributed by atoms with Gasteiger partial charge in [-0.15, -0.1) is 5.10 Å². The number of amides is 2. The summed E-state index contributed by atoms with van der Waals surface area (Å²) in [7, 11) is 0. The second kappa shape index (κ2) is 6.75. The highest BCUT2D eigenvalue weighted by molar-refractivity contribution is 6.39. The first-order valence-electron chi connectivity index (χ1n) is 7.69. The summed E-state index contributed by atoms with van der Waals surface area (Å²) in [6.07, 6.45) is 2.11. The molecule has 0 saturated heterocycles. The van der Waals surface area contributed by atoms with E-state index in [0.717, 1.165) is 18.4 Å². The summed E-state index contributed by atoms with van der Waals surface area (Å²) < 4.78 is 1.77. The lowest BCUT2D eigenvalue weighted by molar-refractivity contribution is -0.136. The lowest BCUT2D eigenvalue weighted by Gasteiger charge is -2.11. The summed E-state index contributed by atoms with van der Waals surface area (Å²) in [5.41, 5.74) is 1.23. The molecule has 9 nitrogen and oxygen atoms in total. The van der Waals surface area contributed by atoms with Crippen LogP contribution in [-0.4, -0.2) is 49.8 Å². The molecule has 1 atom stereocenters. The summed E-state index contributed by atoms with van der Waals surface area (Å²) in [4.78, 5) is 23.6. The maximum Gasteiger partial charge on any atom is 0.313 e. The van der Waals surface area contributed by atoms with E-state index in [4.69, 9.17) is 5.11 Å². The molecule has 2 aromatic rings. The van der Waals surface area contributed by atoms with Crippen molar-refractivity contribution in [1.82, 2.24) is 25.5 Å². The van der Waals surface area contributed by atoms with E-state index >= 15 is 0 Å². The molecule has 2 amide bonds. The number of aromatic nitrogens is 4. The van der Waals surface area contributed by atoms with Gasteiger partial charge in [0.15, 0.2) is 5.82 Å². The number of tetrazole rings is 1. The number of nitrogens with one attached hydrogen (secondary N) is 2. The standard InChI is InChI=1S/C15H18N6O3/c1-9(8-22)16-14(23)15(24)17-11-4-2-3-10(7-11)13-18-19-20-21(13)12-5-6-12/h2-4,7,9,12,22H,5-6,8H2,1H3,(H,16,23)(H,17,24). The molecule has 3 rings (SSSR count). The minimum absolute atomic E-state index is 0.238. The van der Waals surface area contributed by atoms with Crippen LogP contribution in [0.4, 0.5) is 5.69 Å². The van der Waals surface area contributed by atoms with Gasteiger partial charge in [0.25, 0.3) is 0 Å². The number of carbonyl (C=O) groups is 2. The normalized spacial score (nSPS) is 14.9. The Hall–Kier alpha value is -2.81. The summed E-state index contributed by atoms with van der Waals surface area (Å²) in [6, 6.07) is 6.83. The van der Waals surface area contributed by atoms with Gasteiger partial charge in [-0.05, 0) is 42.3 Å². The second-order valence-corrected chi connectivity index (χ2v) is 5.77. The molecule has 1 aliphatic rings. The summed E-state index contributed by atoms with van der Waals surface area (Å²) in [6.45, 7) is 1.36. The van der Waals surface area contributed by atoms with Crippen LogP contribution in [0.3, 0.4) is 0 Å². The van der Waals surface area contributed by atoms with E-state index in [0.29, 0.717) is 17.6 Å². The van der Waals surface area contributed by atoms with E-state index in [1.165, 1.54) is 0 Å². The minimum atomic E-state index is -0.801. The minimum Gasteiger partial charge on any atom is -0.394 e. The average Bonchev–Trinajstić information content (AvgIpc) is 3.31. The van der Waals surface area contributed by atoms with Crippen LogP contribution in [-0.2, 0) is 9.59 Å². The molecule has 3 N–H and O–H groups in total. The number of aliphatic hydroxyl groups is 1. The molecule has 1 saturated carbocycles. The smallest absolute Gasteiger partial charge is 0.313 e. The largest absolute Gasteiger partial charge is 0.394 e. The van der Waals surface area contributed by atoms with Crippen LogP contribution < -0.4 is 10.6 Å². The molecule has 0 bridgehead atoms. The van der Waals surface area contributed by atoms with Crippen molar-refractivity contribution < 1.29 is 14.7 Å². The first-order chi connectivity index (χ1) is 11.6. The Labute approximate surface area is 138 Å². The van der Waals surface area contributed by atoms with Gasteiger partial charge in [-0.2, -0.15) is 0 Å². The van der Waals surface area contributed by atoms with Crippen molar-refractivity contribution in [2.45, 2.75) is 31.8 Å². The molecular formula is C15H18N6O3. The number of benzene rings is 1. The molecule has 1 fully saturated rings. The molecule has 1 heterocycles. The molecular weight excluding hydrogens is 312 g/mol. The third kappa shape index (κ3) is 3.57. The Morgan fingerprint density at radius 3 is 2.88 bits per heavy atom. The van der Waals surface area contributed by atoms with Gasteiger partial charge >= 0.3 is 11.8 Å². The molecule has 1 aromatic carbocycles. The number of anilines is 1. The Balaban J connectivity index is 1.72. The van der Waals surface area contributed by atoms with Crippen molar-refractivity contribution in [3.63, 3.8) is 0 Å². The number of aliphatic hydroxyl groups excluding tert-OH is 1. The predicted octanol–water partition coefficient (Wildman–Crippen LogP) is 0.110. The van der Waals surface area contributed by atoms with Crippen LogP contribution in [0.25, 0.3) is 11.4 Å². The zero-order valence-electron chi connectivity index (χ0n) is 13.1. The first-order valence-corrected chi connectivity index (χ1v) is 7.69. The number of hydrogen-bond donors (Lipinski definition) is 3. The molecule has 1 aromatic heterocycles. The SMILES string of the molecule is CC(CO)NC(=O)C(=O)Nc1cccc(-c2nnnn2C2CC2)c1. The lowest BCUT2D eigenvalue weighted by Crippen LogP contribution is -2.42. The van der Waals surface area contributed by atoms with Crippen molar-refractivity contribution in [3.8, 4) is 11.4 Å². The van der Waals surface area contributed by atoms with E-state index in [2.05, 4.69) is 26.2 Å². The van der Waals surface area contributed by atoms with Crippen molar-refractivity contribution in [2.24, 2.45) is 0 Å². The molecule has 0 radical (unpaired) electrons. The third-order valence-electron chi connectivity index (χ3n) is 3.62. The van der Waals surface area contributed by atoms with Crippen LogP contribution >= 0.6 is 0 Å². The van der Waals surface area contributed by atoms with E-state index < -0.39 is 17.9 Å². The van der Waals surface area contributed by atoms with E-state index in [1.807, 2.05) is 6.07 Å². The van der Waals surface area contributed by atoms with Gasteiger partial charge in [0, 0.05) is 17.3 Å². The maximum atomic E-state index is 11.9. The highest BCUT2D eigenvalue weighted by atomic mass is 16.3. The fraction of sp³-hybridized carbons (Fsp3) is 0.400. The lowest BCUT2D eigenvalue weighted by atomic mass is 10.2. The monoisotopic (exact) mass is 330 g/mol. The third-order valence-corrected chi connectivity index (χ3v) is 3.62. The van der Waals surface area contributed by atoms with Crippen molar-refractivity contribution >= 4 is 17.5 Å². The number of hydrogen-bond acceptors (Lipinski definition) is 6. The number of nitrogens with zero attached hydrogens (tertiary/aromatic N) is 4. The van der Waals surface area contributed by atoms with Crippen molar-refractivity contribution in [1.29, 1.82) is 0 Å². The van der Waals surface area contributed by atoms with Crippen LogP contribution in [0.2, 0.25) is 0 Å². The van der Waals surface area contributed by atoms with Gasteiger partial charge in [-0.25, -0.2) is 4.68 Å². The Morgan fingerprint density at radius 1 is 1.38 bits per heavy atom. The summed E-state index contributed by atoms with van der Waals surface area (Å²) >= 11 is 0. The topological polar surface area (TPSA) is 122 Å². The van der Waals surface area contributed by atoms with Gasteiger partial charge in [0.05, 0.1) is 12.6 Å². The fourth-order valence-corrected chi connectivity index (χ4v) is 2.21. The van der Waals surface area contributed by atoms with Crippen molar-refractivity contribution in [3.05, 3.63) is 24.3 Å². The van der Waals surface area contributed by atoms with Gasteiger partial charge in [-0.3, -0.25) is 9.59 Å². The van der Waals surface area contributed by atoms with Gasteiger partial charge < -0.3 is 15.7 Å². The average molecular weight is 330 g/mol. The Kier molecular flexibility index (Phi) is 4.52. The van der Waals surface area contributed by atoms with Gasteiger partial charge in [-0.1, -0.05) is 12.1 Å². The highest BCUT2D eigenvalue weighted by Crippen LogP contribution is 2.36. The molecule has 1 aliphatic carbocycles. The molecule has 24 heavy (non-hydrogen) atoms. The predicted molar refractivity (Wildman–Crippen MR) is 84.8 cm³/mol. The quantitative estimate of drug-likeness (QED) is 0.669. The summed E-state index contributed by atoms with van der Waals surface area (Å²) in [5.74, 6) is -0.967. The fourth-order valence-electron chi connectivity index (χ4n) is 2.21. The Morgan fingerprint density at radius 2 is 2.17 bits per heavy atom. The van der Waals surface area contributed by atoms with Crippen LogP contribution in [0.5, 0.6) is 0 Å². The molecule has 126 valence electrons. The zero-order chi connectivity index (χ0) is 17.1. The number of rotatable bonds is 5. The van der Waals surface area contributed by atoms with E-state index in [1.54, 1.807) is 29.8 Å². The van der Waals surface area contributed by atoms with Crippen molar-refractivity contribution in [2.75, 3.05) is 11.9 Å². The van der Waals surface area contributed by atoms with Crippen LogP contribution in [0.15, 0.2) is 24.3 Å². The Bertz CT molecular complexity index is 755. The molecule has 1 unspecified atom stereocenters.